The predicted molar refractivity (Wildman–Crippen MR) is 116 cm³/mol. The number of hydrogen-bond acceptors (Lipinski definition) is 5. The first-order chi connectivity index (χ1) is 14.2. The monoisotopic (exact) mass is 402 g/mol. The number of ether oxygens (including phenoxy) is 1. The summed E-state index contributed by atoms with van der Waals surface area (Å²) < 4.78 is 7.69. The lowest BCUT2D eigenvalue weighted by molar-refractivity contribution is 0.411. The van der Waals surface area contributed by atoms with Gasteiger partial charge in [-0.25, -0.2) is 0 Å². The molecule has 29 heavy (non-hydrogen) atoms. The molecule has 0 aliphatic heterocycles. The van der Waals surface area contributed by atoms with Gasteiger partial charge in [-0.15, -0.1) is 10.2 Å². The van der Waals surface area contributed by atoms with E-state index in [0.717, 1.165) is 33.6 Å². The molecule has 0 radical (unpaired) electrons. The van der Waals surface area contributed by atoms with Crippen molar-refractivity contribution in [3.05, 3.63) is 89.7 Å². The van der Waals surface area contributed by atoms with E-state index in [0.29, 0.717) is 6.54 Å². The number of nitrogens with zero attached hydrogens (tertiary/aromatic N) is 4. The lowest BCUT2D eigenvalue weighted by Crippen LogP contribution is -2.04. The van der Waals surface area contributed by atoms with Crippen LogP contribution in [0.15, 0.2) is 78.2 Å². The SMILES string of the molecule is COc1ccc(C)cc1CSc1nnc(-c2ccncc2)n1Cc1ccccc1. The van der Waals surface area contributed by atoms with Crippen LogP contribution in [-0.4, -0.2) is 26.9 Å². The number of rotatable bonds is 7. The molecule has 0 aliphatic rings. The van der Waals surface area contributed by atoms with Crippen molar-refractivity contribution in [3.8, 4) is 17.1 Å². The van der Waals surface area contributed by atoms with Crippen LogP contribution in [0.1, 0.15) is 16.7 Å². The molecule has 0 N–H and O–H groups in total. The number of methoxy groups -OCH3 is 1. The maximum atomic E-state index is 5.53. The minimum Gasteiger partial charge on any atom is -0.496 e. The van der Waals surface area contributed by atoms with E-state index in [1.165, 1.54) is 11.1 Å². The summed E-state index contributed by atoms with van der Waals surface area (Å²) in [7, 11) is 1.71. The molecule has 5 nitrogen and oxygen atoms in total. The summed E-state index contributed by atoms with van der Waals surface area (Å²) in [4.78, 5) is 4.12. The standard InChI is InChI=1S/C23H22N4OS/c1-17-8-9-21(28-2)20(14-17)16-29-23-26-25-22(19-10-12-24-13-11-19)27(23)15-18-6-4-3-5-7-18/h3-14H,15-16H2,1-2H3. The number of pyridine rings is 1. The highest BCUT2D eigenvalue weighted by molar-refractivity contribution is 7.98. The molecule has 4 rings (SSSR count). The van der Waals surface area contributed by atoms with Crippen LogP contribution in [0, 0.1) is 6.92 Å². The summed E-state index contributed by atoms with van der Waals surface area (Å²) in [5, 5.41) is 9.86. The second-order valence-electron chi connectivity index (χ2n) is 6.72. The van der Waals surface area contributed by atoms with Crippen LogP contribution in [0.4, 0.5) is 0 Å². The molecule has 0 atom stereocenters. The summed E-state index contributed by atoms with van der Waals surface area (Å²) in [6.45, 7) is 2.80. The number of thioether (sulfide) groups is 1. The second kappa shape index (κ2) is 8.92. The molecule has 0 unspecified atom stereocenters. The van der Waals surface area contributed by atoms with Crippen LogP contribution >= 0.6 is 11.8 Å². The Hall–Kier alpha value is -3.12. The first-order valence-corrected chi connectivity index (χ1v) is 10.4. The van der Waals surface area contributed by atoms with Gasteiger partial charge >= 0.3 is 0 Å². The molecular weight excluding hydrogens is 380 g/mol. The molecule has 0 spiro atoms. The van der Waals surface area contributed by atoms with Gasteiger partial charge in [-0.05, 0) is 30.7 Å². The molecule has 0 saturated heterocycles. The minimum atomic E-state index is 0.707. The number of aromatic nitrogens is 4. The molecule has 4 aromatic rings. The summed E-state index contributed by atoms with van der Waals surface area (Å²) in [5.41, 5.74) is 4.57. The Bertz CT molecular complexity index is 1080. The van der Waals surface area contributed by atoms with Gasteiger partial charge in [-0.3, -0.25) is 9.55 Å². The summed E-state index contributed by atoms with van der Waals surface area (Å²) in [5.74, 6) is 2.50. The van der Waals surface area contributed by atoms with E-state index in [1.54, 1.807) is 31.3 Å². The lowest BCUT2D eigenvalue weighted by Gasteiger charge is -2.12. The summed E-state index contributed by atoms with van der Waals surface area (Å²) in [6, 6.07) is 20.5. The topological polar surface area (TPSA) is 52.8 Å². The van der Waals surface area contributed by atoms with Crippen molar-refractivity contribution in [3.63, 3.8) is 0 Å². The quantitative estimate of drug-likeness (QED) is 0.407. The van der Waals surface area contributed by atoms with Gasteiger partial charge in [0.15, 0.2) is 11.0 Å². The van der Waals surface area contributed by atoms with Gasteiger partial charge in [0.1, 0.15) is 5.75 Å². The van der Waals surface area contributed by atoms with E-state index in [-0.39, 0.29) is 0 Å². The average Bonchev–Trinajstić information content (AvgIpc) is 3.16. The van der Waals surface area contributed by atoms with Crippen molar-refractivity contribution in [2.24, 2.45) is 0 Å². The van der Waals surface area contributed by atoms with Crippen LogP contribution in [0.5, 0.6) is 5.75 Å². The van der Waals surface area contributed by atoms with Crippen molar-refractivity contribution >= 4 is 11.8 Å². The molecule has 2 aromatic heterocycles. The lowest BCUT2D eigenvalue weighted by atomic mass is 10.1. The number of benzene rings is 2. The first-order valence-electron chi connectivity index (χ1n) is 9.38. The molecule has 0 saturated carbocycles. The van der Waals surface area contributed by atoms with Gasteiger partial charge in [0, 0.05) is 29.3 Å². The molecule has 6 heteroatoms. The van der Waals surface area contributed by atoms with Crippen molar-refractivity contribution in [1.82, 2.24) is 19.7 Å². The van der Waals surface area contributed by atoms with Gasteiger partial charge in [0.05, 0.1) is 13.7 Å². The zero-order chi connectivity index (χ0) is 20.1. The average molecular weight is 403 g/mol. The molecular formula is C23H22N4OS. The van der Waals surface area contributed by atoms with Crippen LogP contribution in [-0.2, 0) is 12.3 Å². The highest BCUT2D eigenvalue weighted by atomic mass is 32.2. The Balaban J connectivity index is 1.66. The third-order valence-corrected chi connectivity index (χ3v) is 5.65. The molecule has 146 valence electrons. The maximum absolute atomic E-state index is 5.53. The molecule has 2 heterocycles. The molecule has 0 fully saturated rings. The van der Waals surface area contributed by atoms with Gasteiger partial charge < -0.3 is 4.74 Å². The fraction of sp³-hybridized carbons (Fsp3) is 0.174. The molecule has 0 bridgehead atoms. The van der Waals surface area contributed by atoms with Crippen LogP contribution in [0.2, 0.25) is 0 Å². The summed E-state index contributed by atoms with van der Waals surface area (Å²) >= 11 is 1.67. The zero-order valence-corrected chi connectivity index (χ0v) is 17.3. The van der Waals surface area contributed by atoms with Crippen LogP contribution in [0.3, 0.4) is 0 Å². The van der Waals surface area contributed by atoms with E-state index in [2.05, 4.69) is 63.1 Å². The second-order valence-corrected chi connectivity index (χ2v) is 7.66. The zero-order valence-electron chi connectivity index (χ0n) is 16.4. The Kier molecular flexibility index (Phi) is 5.91. The van der Waals surface area contributed by atoms with Crippen molar-refractivity contribution in [1.29, 1.82) is 0 Å². The number of hydrogen-bond donors (Lipinski definition) is 0. The van der Waals surface area contributed by atoms with Crippen molar-refractivity contribution < 1.29 is 4.74 Å². The Morgan fingerprint density at radius 1 is 0.966 bits per heavy atom. The molecule has 0 aliphatic carbocycles. The van der Waals surface area contributed by atoms with Gasteiger partial charge in [0.25, 0.3) is 0 Å². The van der Waals surface area contributed by atoms with Crippen molar-refractivity contribution in [2.45, 2.75) is 24.4 Å². The van der Waals surface area contributed by atoms with Crippen LogP contribution in [0.25, 0.3) is 11.4 Å². The molecule has 0 amide bonds. The van der Waals surface area contributed by atoms with Gasteiger partial charge in [-0.2, -0.15) is 0 Å². The van der Waals surface area contributed by atoms with Gasteiger partial charge in [-0.1, -0.05) is 59.8 Å². The van der Waals surface area contributed by atoms with Gasteiger partial charge in [0.2, 0.25) is 0 Å². The number of aryl methyl sites for hydroxylation is 1. The highest BCUT2D eigenvalue weighted by Crippen LogP contribution is 2.30. The van der Waals surface area contributed by atoms with E-state index in [4.69, 9.17) is 4.74 Å². The highest BCUT2D eigenvalue weighted by Gasteiger charge is 2.16. The normalized spacial score (nSPS) is 10.8. The van der Waals surface area contributed by atoms with Crippen LogP contribution < -0.4 is 4.74 Å². The van der Waals surface area contributed by atoms with E-state index in [9.17, 15) is 0 Å². The predicted octanol–water partition coefficient (Wildman–Crippen LogP) is 5.00. The minimum absolute atomic E-state index is 0.707. The fourth-order valence-electron chi connectivity index (χ4n) is 3.18. The Labute approximate surface area is 174 Å². The summed E-state index contributed by atoms with van der Waals surface area (Å²) in [6.07, 6.45) is 3.56. The molecule has 2 aromatic carbocycles. The Morgan fingerprint density at radius 2 is 1.76 bits per heavy atom. The Morgan fingerprint density at radius 3 is 2.52 bits per heavy atom. The third kappa shape index (κ3) is 4.49. The maximum Gasteiger partial charge on any atom is 0.192 e. The van der Waals surface area contributed by atoms with Crippen molar-refractivity contribution in [2.75, 3.05) is 7.11 Å². The van der Waals surface area contributed by atoms with E-state index in [1.807, 2.05) is 24.3 Å². The van der Waals surface area contributed by atoms with E-state index >= 15 is 0 Å². The van der Waals surface area contributed by atoms with E-state index < -0.39 is 0 Å². The fourth-order valence-corrected chi connectivity index (χ4v) is 4.10. The largest absolute Gasteiger partial charge is 0.496 e. The first kappa shape index (κ1) is 19.2. The smallest absolute Gasteiger partial charge is 0.192 e. The third-order valence-electron chi connectivity index (χ3n) is 4.63.